The summed E-state index contributed by atoms with van der Waals surface area (Å²) in [5.41, 5.74) is -1.43. The van der Waals surface area contributed by atoms with Crippen molar-refractivity contribution in [3.63, 3.8) is 0 Å². The molecule has 0 aromatic carbocycles. The Morgan fingerprint density at radius 1 is 1.50 bits per heavy atom. The molecule has 100 valence electrons. The quantitative estimate of drug-likeness (QED) is 0.442. The Balaban J connectivity index is 2.28. The Hall–Kier alpha value is -1.55. The molecule has 9 heteroatoms. The lowest BCUT2D eigenvalue weighted by Crippen LogP contribution is -2.50. The number of hydrogen-bond donors (Lipinski definition) is 4. The minimum absolute atomic E-state index is 0.0728. The van der Waals surface area contributed by atoms with Crippen LogP contribution in [0.15, 0.2) is 15.8 Å². The van der Waals surface area contributed by atoms with Gasteiger partial charge in [0.2, 0.25) is 0 Å². The van der Waals surface area contributed by atoms with Crippen LogP contribution in [0.4, 0.5) is 0 Å². The van der Waals surface area contributed by atoms with Crippen LogP contribution >= 0.6 is 0 Å². The van der Waals surface area contributed by atoms with Gasteiger partial charge in [0, 0.05) is 6.42 Å². The maximum Gasteiger partial charge on any atom is 0.347 e. The predicted octanol–water partition coefficient (Wildman–Crippen LogP) is -3.07. The van der Waals surface area contributed by atoms with Gasteiger partial charge in [0.05, 0.1) is 12.7 Å². The number of H-pyrrole nitrogens is 1. The van der Waals surface area contributed by atoms with Gasteiger partial charge in [-0.05, 0) is 0 Å². The molecule has 4 unspecified atom stereocenters. The second-order valence-corrected chi connectivity index (χ2v) is 3.99. The zero-order valence-corrected chi connectivity index (χ0v) is 9.26. The first-order valence-electron chi connectivity index (χ1n) is 5.33. The summed E-state index contributed by atoms with van der Waals surface area (Å²) in [5.74, 6) is 0. The predicted molar refractivity (Wildman–Crippen MR) is 56.7 cm³/mol. The fourth-order valence-electron chi connectivity index (χ4n) is 1.81. The van der Waals surface area contributed by atoms with Crippen LogP contribution in [0.2, 0.25) is 0 Å². The van der Waals surface area contributed by atoms with E-state index in [1.807, 2.05) is 4.98 Å². The molecule has 0 aliphatic carbocycles. The van der Waals surface area contributed by atoms with Crippen molar-refractivity contribution in [3.05, 3.63) is 27.0 Å². The van der Waals surface area contributed by atoms with Gasteiger partial charge in [-0.15, -0.1) is 0 Å². The molecule has 1 aliphatic rings. The van der Waals surface area contributed by atoms with Gasteiger partial charge in [-0.25, -0.2) is 4.79 Å². The largest absolute Gasteiger partial charge is 0.394 e. The maximum atomic E-state index is 11.5. The van der Waals surface area contributed by atoms with Crippen molar-refractivity contribution in [2.45, 2.75) is 31.0 Å². The van der Waals surface area contributed by atoms with Gasteiger partial charge in [-0.3, -0.25) is 9.78 Å². The number of aromatic amines is 1. The molecule has 2 heterocycles. The SMILES string of the molecule is O=c1cnn(C2CC(O)C(O)C(CO)O2)c(=O)[nH]1. The van der Waals surface area contributed by atoms with Crippen molar-refractivity contribution in [1.29, 1.82) is 0 Å². The average Bonchev–Trinajstić information content (AvgIpc) is 2.32. The number of ether oxygens (including phenoxy) is 1. The van der Waals surface area contributed by atoms with Crippen molar-refractivity contribution >= 4 is 0 Å². The van der Waals surface area contributed by atoms with Gasteiger partial charge in [0.1, 0.15) is 18.4 Å². The summed E-state index contributed by atoms with van der Waals surface area (Å²) >= 11 is 0. The third-order valence-electron chi connectivity index (χ3n) is 2.74. The highest BCUT2D eigenvalue weighted by atomic mass is 16.5. The number of aliphatic hydroxyl groups excluding tert-OH is 3. The minimum Gasteiger partial charge on any atom is -0.394 e. The van der Waals surface area contributed by atoms with E-state index >= 15 is 0 Å². The van der Waals surface area contributed by atoms with Gasteiger partial charge >= 0.3 is 5.69 Å². The van der Waals surface area contributed by atoms with E-state index in [1.54, 1.807) is 0 Å². The zero-order valence-electron chi connectivity index (χ0n) is 9.26. The standard InChI is InChI=1S/C9H13N3O6/c13-3-5-8(16)4(14)1-7(18-5)12-9(17)11-6(15)2-10-12/h2,4-5,7-8,13-14,16H,1,3H2,(H,11,15,17). The lowest BCUT2D eigenvalue weighted by Gasteiger charge is -2.36. The van der Waals surface area contributed by atoms with Gasteiger partial charge < -0.3 is 20.1 Å². The van der Waals surface area contributed by atoms with Crippen LogP contribution in [-0.4, -0.2) is 55.0 Å². The average molecular weight is 259 g/mol. The zero-order chi connectivity index (χ0) is 13.3. The fraction of sp³-hybridized carbons (Fsp3) is 0.667. The van der Waals surface area contributed by atoms with Gasteiger partial charge in [-0.1, -0.05) is 0 Å². The van der Waals surface area contributed by atoms with E-state index < -0.39 is 42.4 Å². The summed E-state index contributed by atoms with van der Waals surface area (Å²) in [7, 11) is 0. The number of rotatable bonds is 2. The van der Waals surface area contributed by atoms with E-state index in [9.17, 15) is 19.8 Å². The fourth-order valence-corrected chi connectivity index (χ4v) is 1.81. The smallest absolute Gasteiger partial charge is 0.347 e. The Bertz CT molecular complexity index is 526. The minimum atomic E-state index is -1.23. The van der Waals surface area contributed by atoms with Crippen LogP contribution in [0.3, 0.4) is 0 Å². The molecular weight excluding hydrogens is 246 g/mol. The van der Waals surface area contributed by atoms with Crippen LogP contribution in [-0.2, 0) is 4.74 Å². The molecule has 1 aromatic heterocycles. The van der Waals surface area contributed by atoms with Crippen LogP contribution < -0.4 is 11.2 Å². The first-order chi connectivity index (χ1) is 8.52. The Morgan fingerprint density at radius 2 is 2.22 bits per heavy atom. The molecule has 1 aromatic rings. The molecule has 2 rings (SSSR count). The maximum absolute atomic E-state index is 11.5. The van der Waals surface area contributed by atoms with E-state index in [-0.39, 0.29) is 6.42 Å². The molecule has 0 spiro atoms. The molecule has 0 radical (unpaired) electrons. The van der Waals surface area contributed by atoms with Crippen molar-refractivity contribution in [3.8, 4) is 0 Å². The summed E-state index contributed by atoms with van der Waals surface area (Å²) in [4.78, 5) is 24.3. The Kier molecular flexibility index (Phi) is 3.57. The third-order valence-corrected chi connectivity index (χ3v) is 2.74. The summed E-state index contributed by atoms with van der Waals surface area (Å²) < 4.78 is 6.09. The monoisotopic (exact) mass is 259 g/mol. The lowest BCUT2D eigenvalue weighted by molar-refractivity contribution is -0.205. The van der Waals surface area contributed by atoms with E-state index in [2.05, 4.69) is 5.10 Å². The van der Waals surface area contributed by atoms with E-state index in [1.165, 1.54) is 0 Å². The number of hydrogen-bond acceptors (Lipinski definition) is 7. The normalized spacial score (nSPS) is 32.4. The second-order valence-electron chi connectivity index (χ2n) is 3.99. The highest BCUT2D eigenvalue weighted by Crippen LogP contribution is 2.25. The Morgan fingerprint density at radius 3 is 2.83 bits per heavy atom. The van der Waals surface area contributed by atoms with Crippen molar-refractivity contribution in [2.75, 3.05) is 6.61 Å². The molecule has 18 heavy (non-hydrogen) atoms. The first-order valence-corrected chi connectivity index (χ1v) is 5.33. The number of nitrogens with one attached hydrogen (secondary N) is 1. The molecule has 1 fully saturated rings. The van der Waals surface area contributed by atoms with Crippen molar-refractivity contribution in [1.82, 2.24) is 14.8 Å². The molecule has 1 aliphatic heterocycles. The van der Waals surface area contributed by atoms with Gasteiger partial charge in [0.15, 0.2) is 6.23 Å². The highest BCUT2D eigenvalue weighted by Gasteiger charge is 2.37. The number of aromatic nitrogens is 3. The summed E-state index contributed by atoms with van der Waals surface area (Å²) in [6.45, 7) is -0.507. The number of nitrogens with zero attached hydrogens (tertiary/aromatic N) is 2. The molecule has 4 atom stereocenters. The molecule has 9 nitrogen and oxygen atoms in total. The van der Waals surface area contributed by atoms with E-state index in [0.717, 1.165) is 10.9 Å². The van der Waals surface area contributed by atoms with Crippen molar-refractivity contribution < 1.29 is 20.1 Å². The van der Waals surface area contributed by atoms with Crippen LogP contribution in [0.25, 0.3) is 0 Å². The highest BCUT2D eigenvalue weighted by molar-refractivity contribution is 4.84. The molecule has 1 saturated heterocycles. The van der Waals surface area contributed by atoms with Crippen LogP contribution in [0.1, 0.15) is 12.6 Å². The lowest BCUT2D eigenvalue weighted by atomic mass is 10.0. The molecular formula is C9H13N3O6. The second kappa shape index (κ2) is 4.98. The molecule has 4 N–H and O–H groups in total. The third kappa shape index (κ3) is 2.34. The van der Waals surface area contributed by atoms with Crippen LogP contribution in [0.5, 0.6) is 0 Å². The molecule has 0 bridgehead atoms. The summed E-state index contributed by atoms with van der Waals surface area (Å²) in [6.07, 6.45) is -3.53. The first kappa shape index (κ1) is 12.9. The van der Waals surface area contributed by atoms with Gasteiger partial charge in [0.25, 0.3) is 5.56 Å². The summed E-state index contributed by atoms with van der Waals surface area (Å²) in [5, 5.41) is 31.7. The van der Waals surface area contributed by atoms with E-state index in [4.69, 9.17) is 9.84 Å². The van der Waals surface area contributed by atoms with Crippen molar-refractivity contribution in [2.24, 2.45) is 0 Å². The molecule has 0 amide bonds. The number of aliphatic hydroxyl groups is 3. The Labute approximate surface area is 100 Å². The molecule has 0 saturated carbocycles. The summed E-state index contributed by atoms with van der Waals surface area (Å²) in [6, 6.07) is 0. The van der Waals surface area contributed by atoms with Crippen LogP contribution in [0, 0.1) is 0 Å². The topological polar surface area (TPSA) is 138 Å². The van der Waals surface area contributed by atoms with Gasteiger partial charge in [-0.2, -0.15) is 9.78 Å². The van der Waals surface area contributed by atoms with E-state index in [0.29, 0.717) is 0 Å².